The fourth-order valence-electron chi connectivity index (χ4n) is 2.09. The predicted molar refractivity (Wildman–Crippen MR) is 64.4 cm³/mol. The maximum absolute atomic E-state index is 11.7. The monoisotopic (exact) mass is 254 g/mol. The molecule has 0 spiro atoms. The van der Waals surface area contributed by atoms with Gasteiger partial charge >= 0.3 is 0 Å². The van der Waals surface area contributed by atoms with Crippen molar-refractivity contribution in [2.75, 3.05) is 6.54 Å². The van der Waals surface area contributed by atoms with Crippen molar-refractivity contribution < 1.29 is 4.79 Å². The molecule has 0 bridgehead atoms. The van der Waals surface area contributed by atoms with Crippen LogP contribution in [0.15, 0.2) is 12.1 Å². The maximum Gasteiger partial charge on any atom is 0.253 e. The van der Waals surface area contributed by atoms with Crippen LogP contribution in [0.3, 0.4) is 0 Å². The quantitative estimate of drug-likeness (QED) is 0.746. The number of fused-ring (bicyclic) bond motifs is 3. The Labute approximate surface area is 102 Å². The summed E-state index contributed by atoms with van der Waals surface area (Å²) in [6.07, 6.45) is 0.795. The van der Waals surface area contributed by atoms with E-state index in [1.807, 2.05) is 6.07 Å². The van der Waals surface area contributed by atoms with Crippen molar-refractivity contribution >= 4 is 40.0 Å². The lowest BCUT2D eigenvalue weighted by molar-refractivity contribution is 0.0947. The predicted octanol–water partition coefficient (Wildman–Crippen LogP) is 2.76. The lowest BCUT2D eigenvalue weighted by atomic mass is 10.1. The number of carbonyl (C=O) groups excluding carboxylic acids is 1. The minimum atomic E-state index is -0.0501. The van der Waals surface area contributed by atoms with Crippen LogP contribution in [0, 0.1) is 0 Å². The van der Waals surface area contributed by atoms with Crippen molar-refractivity contribution in [2.24, 2.45) is 0 Å². The van der Waals surface area contributed by atoms with E-state index < -0.39 is 0 Å². The first-order chi connectivity index (χ1) is 7.68. The van der Waals surface area contributed by atoms with E-state index in [0.29, 0.717) is 22.2 Å². The number of carbonyl (C=O) groups is 1. The van der Waals surface area contributed by atoms with Crippen LogP contribution >= 0.6 is 23.2 Å². The second-order valence-electron chi connectivity index (χ2n) is 3.77. The van der Waals surface area contributed by atoms with E-state index in [4.69, 9.17) is 23.2 Å². The van der Waals surface area contributed by atoms with Gasteiger partial charge in [0.25, 0.3) is 5.91 Å². The molecule has 1 aliphatic heterocycles. The molecule has 0 unspecified atom stereocenters. The van der Waals surface area contributed by atoms with Crippen molar-refractivity contribution in [3.05, 3.63) is 33.4 Å². The standard InChI is InChI=1S/C11H8Cl2N2O/c12-6-2-1-5-8-7(3-4-14-11(8)16)15-10(5)9(6)13/h1-2,15H,3-4H2,(H,14,16). The number of aromatic nitrogens is 1. The number of aromatic amines is 1. The normalized spacial score (nSPS) is 15.0. The summed E-state index contributed by atoms with van der Waals surface area (Å²) in [6.45, 7) is 0.657. The maximum atomic E-state index is 11.7. The zero-order valence-electron chi connectivity index (χ0n) is 8.23. The molecule has 1 aliphatic rings. The van der Waals surface area contributed by atoms with Crippen LogP contribution in [0.25, 0.3) is 10.9 Å². The largest absolute Gasteiger partial charge is 0.356 e. The second kappa shape index (κ2) is 3.40. The first-order valence-electron chi connectivity index (χ1n) is 4.95. The third-order valence-electron chi connectivity index (χ3n) is 2.83. The van der Waals surface area contributed by atoms with Crippen molar-refractivity contribution in [2.45, 2.75) is 6.42 Å². The van der Waals surface area contributed by atoms with Crippen molar-refractivity contribution in [1.29, 1.82) is 0 Å². The molecule has 2 aromatic rings. The van der Waals surface area contributed by atoms with E-state index >= 15 is 0 Å². The van der Waals surface area contributed by atoms with E-state index in [2.05, 4.69) is 10.3 Å². The zero-order valence-corrected chi connectivity index (χ0v) is 9.74. The van der Waals surface area contributed by atoms with Gasteiger partial charge in [-0.3, -0.25) is 4.79 Å². The third-order valence-corrected chi connectivity index (χ3v) is 3.63. The minimum absolute atomic E-state index is 0.0501. The van der Waals surface area contributed by atoms with Gasteiger partial charge in [-0.15, -0.1) is 0 Å². The molecule has 0 aliphatic carbocycles. The molecule has 0 radical (unpaired) electrons. The van der Waals surface area contributed by atoms with E-state index in [0.717, 1.165) is 23.0 Å². The Morgan fingerprint density at radius 3 is 2.88 bits per heavy atom. The van der Waals surface area contributed by atoms with Crippen molar-refractivity contribution in [1.82, 2.24) is 10.3 Å². The molecule has 1 amide bonds. The molecular weight excluding hydrogens is 247 g/mol. The molecule has 82 valence electrons. The molecule has 0 saturated heterocycles. The highest BCUT2D eigenvalue weighted by atomic mass is 35.5. The molecule has 16 heavy (non-hydrogen) atoms. The minimum Gasteiger partial charge on any atom is -0.356 e. The summed E-state index contributed by atoms with van der Waals surface area (Å²) in [5, 5.41) is 4.62. The Hall–Kier alpha value is -1.19. The highest BCUT2D eigenvalue weighted by Crippen LogP contribution is 2.34. The number of nitrogens with one attached hydrogen (secondary N) is 2. The molecule has 1 aromatic heterocycles. The van der Waals surface area contributed by atoms with Gasteiger partial charge in [0.2, 0.25) is 0 Å². The van der Waals surface area contributed by atoms with Gasteiger partial charge in [0.15, 0.2) is 0 Å². The third kappa shape index (κ3) is 1.25. The number of hydrogen-bond donors (Lipinski definition) is 2. The second-order valence-corrected chi connectivity index (χ2v) is 4.55. The number of benzene rings is 1. The van der Waals surface area contributed by atoms with E-state index in [-0.39, 0.29) is 5.91 Å². The number of hydrogen-bond acceptors (Lipinski definition) is 1. The van der Waals surface area contributed by atoms with E-state index in [9.17, 15) is 4.79 Å². The van der Waals surface area contributed by atoms with E-state index in [1.54, 1.807) is 6.07 Å². The van der Waals surface area contributed by atoms with Gasteiger partial charge in [-0.25, -0.2) is 0 Å². The first kappa shape index (κ1) is 10.00. The molecule has 0 fully saturated rings. The number of rotatable bonds is 0. The number of H-pyrrole nitrogens is 1. The van der Waals surface area contributed by atoms with Crippen LogP contribution < -0.4 is 5.32 Å². The summed E-state index contributed by atoms with van der Waals surface area (Å²) in [6, 6.07) is 3.53. The van der Waals surface area contributed by atoms with Crippen molar-refractivity contribution in [3.63, 3.8) is 0 Å². The molecule has 3 nitrogen and oxygen atoms in total. The van der Waals surface area contributed by atoms with Crippen LogP contribution in [0.1, 0.15) is 16.1 Å². The molecule has 5 heteroatoms. The lowest BCUT2D eigenvalue weighted by Crippen LogP contribution is -2.31. The van der Waals surface area contributed by atoms with Crippen LogP contribution in [0.5, 0.6) is 0 Å². The fourth-order valence-corrected chi connectivity index (χ4v) is 2.46. The van der Waals surface area contributed by atoms with Gasteiger partial charge in [-0.1, -0.05) is 29.3 Å². The lowest BCUT2D eigenvalue weighted by Gasteiger charge is -2.11. The molecule has 3 rings (SSSR count). The molecule has 1 aromatic carbocycles. The summed E-state index contributed by atoms with van der Waals surface area (Å²) in [7, 11) is 0. The van der Waals surface area contributed by atoms with Gasteiger partial charge in [0.1, 0.15) is 0 Å². The topological polar surface area (TPSA) is 44.9 Å². The van der Waals surface area contributed by atoms with Crippen LogP contribution in [-0.4, -0.2) is 17.4 Å². The Kier molecular flexibility index (Phi) is 2.13. The number of amides is 1. The summed E-state index contributed by atoms with van der Waals surface area (Å²) in [5.74, 6) is -0.0501. The summed E-state index contributed by atoms with van der Waals surface area (Å²) < 4.78 is 0. The Bertz CT molecular complexity index is 604. The smallest absolute Gasteiger partial charge is 0.253 e. The highest BCUT2D eigenvalue weighted by Gasteiger charge is 2.23. The summed E-state index contributed by atoms with van der Waals surface area (Å²) >= 11 is 12.0. The molecule has 0 atom stereocenters. The van der Waals surface area contributed by atoms with Gasteiger partial charge in [0.05, 0.1) is 21.1 Å². The van der Waals surface area contributed by atoms with Crippen molar-refractivity contribution in [3.8, 4) is 0 Å². The van der Waals surface area contributed by atoms with E-state index in [1.165, 1.54) is 0 Å². The zero-order chi connectivity index (χ0) is 11.3. The average molecular weight is 255 g/mol. The fraction of sp³-hybridized carbons (Fsp3) is 0.182. The van der Waals surface area contributed by atoms with Gasteiger partial charge < -0.3 is 10.3 Å². The summed E-state index contributed by atoms with van der Waals surface area (Å²) in [5.41, 5.74) is 2.37. The molecule has 0 saturated carbocycles. The van der Waals surface area contributed by atoms with Gasteiger partial charge in [-0.2, -0.15) is 0 Å². The van der Waals surface area contributed by atoms with Gasteiger partial charge in [0, 0.05) is 24.0 Å². The Morgan fingerprint density at radius 1 is 1.25 bits per heavy atom. The highest BCUT2D eigenvalue weighted by molar-refractivity contribution is 6.45. The molecule has 2 heterocycles. The van der Waals surface area contributed by atoms with Crippen LogP contribution in [-0.2, 0) is 6.42 Å². The summed E-state index contributed by atoms with van der Waals surface area (Å²) in [4.78, 5) is 14.9. The average Bonchev–Trinajstić information content (AvgIpc) is 2.64. The van der Waals surface area contributed by atoms with Crippen LogP contribution in [0.4, 0.5) is 0 Å². The molecular formula is C11H8Cl2N2O. The Morgan fingerprint density at radius 2 is 2.06 bits per heavy atom. The molecule has 2 N–H and O–H groups in total. The Balaban J connectivity index is 2.41. The SMILES string of the molecule is O=C1NCCc2[nH]c3c(Cl)c(Cl)ccc3c21. The van der Waals surface area contributed by atoms with Gasteiger partial charge in [-0.05, 0) is 6.07 Å². The first-order valence-corrected chi connectivity index (χ1v) is 5.71. The number of halogens is 2. The van der Waals surface area contributed by atoms with Crippen LogP contribution in [0.2, 0.25) is 10.0 Å².